The fourth-order valence-electron chi connectivity index (χ4n) is 2.85. The second-order valence-electron chi connectivity index (χ2n) is 8.01. The van der Waals surface area contributed by atoms with Crippen LogP contribution in [0.15, 0.2) is 48.5 Å². The minimum Gasteiger partial charge on any atom is -0.481 e. The molecule has 0 heterocycles. The number of carbonyl (C=O) groups is 3. The quantitative estimate of drug-likeness (QED) is 0.743. The highest BCUT2D eigenvalue weighted by atomic mass is 16.4. The number of benzene rings is 2. The highest BCUT2D eigenvalue weighted by Gasteiger charge is 2.29. The molecule has 6 nitrogen and oxygen atoms in total. The molecule has 2 amide bonds. The van der Waals surface area contributed by atoms with Gasteiger partial charge in [0.1, 0.15) is 0 Å². The van der Waals surface area contributed by atoms with Gasteiger partial charge in [-0.05, 0) is 49.2 Å². The fourth-order valence-corrected chi connectivity index (χ4v) is 2.85. The van der Waals surface area contributed by atoms with Gasteiger partial charge in [0.15, 0.2) is 0 Å². The van der Waals surface area contributed by atoms with Crippen molar-refractivity contribution in [3.05, 3.63) is 65.2 Å². The van der Waals surface area contributed by atoms with Crippen LogP contribution in [0.3, 0.4) is 0 Å². The summed E-state index contributed by atoms with van der Waals surface area (Å²) >= 11 is 0. The van der Waals surface area contributed by atoms with Crippen LogP contribution in [0, 0.1) is 5.92 Å². The lowest BCUT2D eigenvalue weighted by Gasteiger charge is -2.20. The Morgan fingerprint density at radius 3 is 2.03 bits per heavy atom. The number of carbonyl (C=O) groups excluding carboxylic acids is 2. The number of anilines is 1. The normalized spacial score (nSPS) is 11.2. The fraction of sp³-hybridized carbons (Fsp3) is 0.348. The number of carboxylic acid groups (broad SMARTS) is 1. The number of rotatable bonds is 7. The van der Waals surface area contributed by atoms with E-state index in [1.165, 1.54) is 0 Å². The van der Waals surface area contributed by atoms with Gasteiger partial charge >= 0.3 is 5.97 Å². The number of amides is 2. The molecule has 0 unspecified atom stereocenters. The van der Waals surface area contributed by atoms with E-state index in [1.54, 1.807) is 62.2 Å². The van der Waals surface area contributed by atoms with Crippen molar-refractivity contribution in [1.82, 2.24) is 4.90 Å². The summed E-state index contributed by atoms with van der Waals surface area (Å²) in [7, 11) is 1.76. The maximum Gasteiger partial charge on any atom is 0.313 e. The molecular formula is C23H28N2O4. The van der Waals surface area contributed by atoms with E-state index in [-0.39, 0.29) is 17.7 Å². The summed E-state index contributed by atoms with van der Waals surface area (Å²) < 4.78 is 0. The van der Waals surface area contributed by atoms with Gasteiger partial charge in [0.2, 0.25) is 5.91 Å². The van der Waals surface area contributed by atoms with E-state index in [9.17, 15) is 19.5 Å². The second kappa shape index (κ2) is 8.90. The molecule has 0 saturated heterocycles. The van der Waals surface area contributed by atoms with Crippen molar-refractivity contribution in [2.75, 3.05) is 12.4 Å². The lowest BCUT2D eigenvalue weighted by atomic mass is 9.85. The average Bonchev–Trinajstić information content (AvgIpc) is 2.68. The van der Waals surface area contributed by atoms with Crippen LogP contribution in [0.2, 0.25) is 0 Å². The van der Waals surface area contributed by atoms with Crippen molar-refractivity contribution in [3.63, 3.8) is 0 Å². The van der Waals surface area contributed by atoms with Crippen molar-refractivity contribution in [2.45, 2.75) is 39.7 Å². The zero-order chi connectivity index (χ0) is 21.8. The molecule has 0 fully saturated rings. The predicted molar refractivity (Wildman–Crippen MR) is 113 cm³/mol. The minimum atomic E-state index is -0.998. The second-order valence-corrected chi connectivity index (χ2v) is 8.01. The first-order chi connectivity index (χ1) is 13.5. The first-order valence-electron chi connectivity index (χ1n) is 9.51. The summed E-state index contributed by atoms with van der Waals surface area (Å²) in [5, 5.41) is 12.1. The van der Waals surface area contributed by atoms with Gasteiger partial charge in [-0.2, -0.15) is 0 Å². The van der Waals surface area contributed by atoms with Gasteiger partial charge in [-0.15, -0.1) is 0 Å². The summed E-state index contributed by atoms with van der Waals surface area (Å²) in [6.07, 6.45) is 0. The molecule has 2 aromatic carbocycles. The van der Waals surface area contributed by atoms with Crippen LogP contribution in [-0.2, 0) is 21.5 Å². The van der Waals surface area contributed by atoms with Crippen LogP contribution in [0.5, 0.6) is 0 Å². The van der Waals surface area contributed by atoms with Crippen molar-refractivity contribution >= 4 is 23.5 Å². The van der Waals surface area contributed by atoms with E-state index >= 15 is 0 Å². The van der Waals surface area contributed by atoms with E-state index in [0.29, 0.717) is 23.4 Å². The van der Waals surface area contributed by atoms with E-state index in [2.05, 4.69) is 5.32 Å². The van der Waals surface area contributed by atoms with Gasteiger partial charge in [0.05, 0.1) is 5.41 Å². The lowest BCUT2D eigenvalue weighted by molar-refractivity contribution is -0.142. The van der Waals surface area contributed by atoms with Crippen LogP contribution in [0.25, 0.3) is 0 Å². The smallest absolute Gasteiger partial charge is 0.313 e. The molecular weight excluding hydrogens is 368 g/mol. The number of nitrogens with zero attached hydrogens (tertiary/aromatic N) is 1. The third kappa shape index (κ3) is 5.44. The first kappa shape index (κ1) is 22.1. The molecule has 2 N–H and O–H groups in total. The lowest BCUT2D eigenvalue weighted by Crippen LogP contribution is -2.29. The Morgan fingerprint density at radius 2 is 1.55 bits per heavy atom. The Hall–Kier alpha value is -3.15. The van der Waals surface area contributed by atoms with Gasteiger partial charge in [-0.3, -0.25) is 14.4 Å². The van der Waals surface area contributed by atoms with E-state index < -0.39 is 11.4 Å². The molecule has 154 valence electrons. The number of carboxylic acids is 1. The molecule has 0 aromatic heterocycles. The highest BCUT2D eigenvalue weighted by Crippen LogP contribution is 2.25. The first-order valence-corrected chi connectivity index (χ1v) is 9.51. The molecule has 0 aliphatic rings. The Balaban J connectivity index is 2.02. The van der Waals surface area contributed by atoms with Gasteiger partial charge < -0.3 is 15.3 Å². The van der Waals surface area contributed by atoms with Crippen LogP contribution < -0.4 is 5.32 Å². The van der Waals surface area contributed by atoms with Gasteiger partial charge in [-0.1, -0.05) is 38.1 Å². The summed E-state index contributed by atoms with van der Waals surface area (Å²) in [5.41, 5.74) is 1.70. The summed E-state index contributed by atoms with van der Waals surface area (Å²) in [5.74, 6) is -1.15. The van der Waals surface area contributed by atoms with Crippen LogP contribution in [0.4, 0.5) is 5.69 Å². The molecule has 2 aromatic rings. The van der Waals surface area contributed by atoms with E-state index in [4.69, 9.17) is 0 Å². The molecule has 0 aliphatic heterocycles. The number of hydrogen-bond donors (Lipinski definition) is 2. The van der Waals surface area contributed by atoms with Gasteiger partial charge in [-0.25, -0.2) is 0 Å². The standard InChI is InChI=1S/C23H28N2O4/c1-15(2)21(27)25(5)14-16-6-8-17(9-7-16)20(26)24-19-12-10-18(11-13-19)23(3,4)22(28)29/h6-13,15H,14H2,1-5H3,(H,24,26)(H,28,29). The molecule has 6 heteroatoms. The highest BCUT2D eigenvalue weighted by molar-refractivity contribution is 6.04. The molecule has 0 atom stereocenters. The minimum absolute atomic E-state index is 0.0579. The average molecular weight is 396 g/mol. The Labute approximate surface area is 171 Å². The molecule has 0 saturated carbocycles. The Bertz CT molecular complexity index is 884. The molecule has 0 radical (unpaired) electrons. The molecule has 2 rings (SSSR count). The number of hydrogen-bond acceptors (Lipinski definition) is 3. The van der Waals surface area contributed by atoms with Crippen LogP contribution in [0.1, 0.15) is 49.2 Å². The Kier molecular flexibility index (Phi) is 6.80. The molecule has 0 bridgehead atoms. The molecule has 29 heavy (non-hydrogen) atoms. The maximum absolute atomic E-state index is 12.5. The van der Waals surface area contributed by atoms with Crippen LogP contribution >= 0.6 is 0 Å². The maximum atomic E-state index is 12.5. The van der Waals surface area contributed by atoms with Crippen molar-refractivity contribution in [2.24, 2.45) is 5.92 Å². The van der Waals surface area contributed by atoms with E-state index in [0.717, 1.165) is 5.56 Å². The zero-order valence-corrected chi connectivity index (χ0v) is 17.5. The summed E-state index contributed by atoms with van der Waals surface area (Å²) in [6.45, 7) is 7.48. The predicted octanol–water partition coefficient (Wildman–Crippen LogP) is 3.92. The van der Waals surface area contributed by atoms with Gasteiger partial charge in [0, 0.05) is 30.8 Å². The monoisotopic (exact) mass is 396 g/mol. The van der Waals surface area contributed by atoms with Crippen molar-refractivity contribution < 1.29 is 19.5 Å². The molecule has 0 spiro atoms. The third-order valence-electron chi connectivity index (χ3n) is 4.91. The molecule has 0 aliphatic carbocycles. The third-order valence-corrected chi connectivity index (χ3v) is 4.91. The van der Waals surface area contributed by atoms with Crippen molar-refractivity contribution in [1.29, 1.82) is 0 Å². The number of nitrogens with one attached hydrogen (secondary N) is 1. The summed E-state index contributed by atoms with van der Waals surface area (Å²) in [4.78, 5) is 37.5. The van der Waals surface area contributed by atoms with Crippen molar-refractivity contribution in [3.8, 4) is 0 Å². The largest absolute Gasteiger partial charge is 0.481 e. The SMILES string of the molecule is CC(C)C(=O)N(C)Cc1ccc(C(=O)Nc2ccc(C(C)(C)C(=O)O)cc2)cc1. The van der Waals surface area contributed by atoms with Crippen LogP contribution in [-0.4, -0.2) is 34.8 Å². The van der Waals surface area contributed by atoms with E-state index in [1.807, 2.05) is 26.0 Å². The topological polar surface area (TPSA) is 86.7 Å². The number of aliphatic carboxylic acids is 1. The zero-order valence-electron chi connectivity index (χ0n) is 17.5. The van der Waals surface area contributed by atoms with Gasteiger partial charge in [0.25, 0.3) is 5.91 Å². The summed E-state index contributed by atoms with van der Waals surface area (Å²) in [6, 6.07) is 13.9. The Morgan fingerprint density at radius 1 is 1.00 bits per heavy atom.